The van der Waals surface area contributed by atoms with E-state index in [-0.39, 0.29) is 0 Å². The van der Waals surface area contributed by atoms with E-state index >= 15 is 0 Å². The highest BCUT2D eigenvalue weighted by Gasteiger charge is 2.22. The van der Waals surface area contributed by atoms with Crippen LogP contribution < -0.4 is 0 Å². The van der Waals surface area contributed by atoms with Crippen LogP contribution in [0.15, 0.2) is 188 Å². The van der Waals surface area contributed by atoms with Gasteiger partial charge in [-0.25, -0.2) is 24.9 Å². The Morgan fingerprint density at radius 1 is 0.327 bits per heavy atom. The first-order valence-electron chi connectivity index (χ1n) is 18.1. The van der Waals surface area contributed by atoms with Gasteiger partial charge in [0, 0.05) is 39.7 Å². The highest BCUT2D eigenvalue weighted by molar-refractivity contribution is 6.07. The predicted molar refractivity (Wildman–Crippen MR) is 220 cm³/mol. The van der Waals surface area contributed by atoms with Gasteiger partial charge in [-0.15, -0.1) is 0 Å². The van der Waals surface area contributed by atoms with E-state index in [0.717, 1.165) is 78.2 Å². The molecule has 0 aliphatic heterocycles. The Hall–Kier alpha value is -7.64. The van der Waals surface area contributed by atoms with Crippen molar-refractivity contribution in [1.82, 2.24) is 34.5 Å². The maximum atomic E-state index is 5.32. The molecular weight excluding hydrogens is 675 g/mol. The molecule has 0 unspecified atom stereocenters. The summed E-state index contributed by atoms with van der Waals surface area (Å²) in [6, 6.07) is 61.6. The Labute approximate surface area is 317 Å². The van der Waals surface area contributed by atoms with E-state index < -0.39 is 0 Å². The van der Waals surface area contributed by atoms with E-state index in [0.29, 0.717) is 17.5 Å². The predicted octanol–water partition coefficient (Wildman–Crippen LogP) is 11.2. The van der Waals surface area contributed by atoms with Crippen molar-refractivity contribution in [2.24, 2.45) is 0 Å². The van der Waals surface area contributed by atoms with Crippen LogP contribution in [0.5, 0.6) is 0 Å². The molecule has 55 heavy (non-hydrogen) atoms. The van der Waals surface area contributed by atoms with Crippen LogP contribution >= 0.6 is 0 Å². The lowest BCUT2D eigenvalue weighted by molar-refractivity contribution is 1.07. The number of aromatic nitrogens is 7. The van der Waals surface area contributed by atoms with Crippen molar-refractivity contribution < 1.29 is 0 Å². The van der Waals surface area contributed by atoms with Crippen molar-refractivity contribution in [1.29, 1.82) is 0 Å². The van der Waals surface area contributed by atoms with Gasteiger partial charge in [0.15, 0.2) is 17.5 Å². The molecule has 10 aromatic rings. The molecule has 0 amide bonds. The van der Waals surface area contributed by atoms with Crippen LogP contribution in [0.4, 0.5) is 0 Å². The van der Waals surface area contributed by atoms with Gasteiger partial charge in [0.1, 0.15) is 22.4 Å². The van der Waals surface area contributed by atoms with E-state index in [4.69, 9.17) is 29.9 Å². The van der Waals surface area contributed by atoms with Crippen molar-refractivity contribution in [3.8, 4) is 73.6 Å². The summed E-state index contributed by atoms with van der Waals surface area (Å²) in [5.41, 5.74) is 12.1. The van der Waals surface area contributed by atoms with Crippen molar-refractivity contribution in [2.75, 3.05) is 0 Å². The molecule has 7 heteroatoms. The topological polar surface area (TPSA) is 82.3 Å². The summed E-state index contributed by atoms with van der Waals surface area (Å²) in [5, 5.41) is 0. The molecule has 0 aliphatic carbocycles. The maximum Gasteiger partial charge on any atom is 0.164 e. The Kier molecular flexibility index (Phi) is 8.00. The Morgan fingerprint density at radius 2 is 0.782 bits per heavy atom. The van der Waals surface area contributed by atoms with Gasteiger partial charge in [0.25, 0.3) is 0 Å². The van der Waals surface area contributed by atoms with Gasteiger partial charge in [-0.2, -0.15) is 0 Å². The minimum atomic E-state index is 0.626. The number of rotatable bonds is 7. The second kappa shape index (κ2) is 13.7. The highest BCUT2D eigenvalue weighted by atomic mass is 15.1. The minimum absolute atomic E-state index is 0.626. The number of fused-ring (bicyclic) bond motifs is 3. The zero-order valence-corrected chi connectivity index (χ0v) is 29.5. The fourth-order valence-electron chi connectivity index (χ4n) is 7.03. The van der Waals surface area contributed by atoms with E-state index in [2.05, 4.69) is 89.5 Å². The average molecular weight is 706 g/mol. The number of para-hydroxylation sites is 1. The fraction of sp³-hybridized carbons (Fsp3) is 0. The summed E-state index contributed by atoms with van der Waals surface area (Å²) in [5.74, 6) is 2.72. The molecule has 0 aliphatic rings. The van der Waals surface area contributed by atoms with Crippen LogP contribution in [-0.2, 0) is 0 Å². The summed E-state index contributed by atoms with van der Waals surface area (Å²) in [6.07, 6.45) is 1.80. The minimum Gasteiger partial charge on any atom is -0.290 e. The van der Waals surface area contributed by atoms with Gasteiger partial charge < -0.3 is 0 Å². The average Bonchev–Trinajstić information content (AvgIpc) is 3.68. The SMILES string of the molecule is c1ccc(-c2nc(-c3ccccc3)nc(-c3ccc(-c4ccc(-c5nc6c7ncccc7nc(-c7ccccc7)c6n5-c5ccccc5)cc4)cc3)n2)cc1. The largest absolute Gasteiger partial charge is 0.290 e. The summed E-state index contributed by atoms with van der Waals surface area (Å²) < 4.78 is 2.21. The number of nitrogens with zero attached hydrogens (tertiary/aromatic N) is 7. The molecule has 0 bridgehead atoms. The Morgan fingerprint density at radius 3 is 1.33 bits per heavy atom. The second-order valence-electron chi connectivity index (χ2n) is 13.2. The van der Waals surface area contributed by atoms with Crippen molar-refractivity contribution >= 4 is 22.1 Å². The van der Waals surface area contributed by atoms with Crippen LogP contribution in [-0.4, -0.2) is 34.5 Å². The van der Waals surface area contributed by atoms with E-state index in [9.17, 15) is 0 Å². The third kappa shape index (κ3) is 5.99. The number of hydrogen-bond acceptors (Lipinski definition) is 6. The highest BCUT2D eigenvalue weighted by Crippen LogP contribution is 2.38. The summed E-state index contributed by atoms with van der Waals surface area (Å²) in [7, 11) is 0. The molecule has 0 radical (unpaired) electrons. The Bertz CT molecular complexity index is 2870. The molecule has 4 heterocycles. The normalized spacial score (nSPS) is 11.3. The quantitative estimate of drug-likeness (QED) is 0.164. The first-order chi connectivity index (χ1) is 27.3. The summed E-state index contributed by atoms with van der Waals surface area (Å²) >= 11 is 0. The lowest BCUT2D eigenvalue weighted by Crippen LogP contribution is -2.00. The molecule has 6 aromatic carbocycles. The van der Waals surface area contributed by atoms with Gasteiger partial charge in [0.2, 0.25) is 0 Å². The number of hydrogen-bond donors (Lipinski definition) is 0. The molecule has 0 saturated carbocycles. The first-order valence-corrected chi connectivity index (χ1v) is 18.1. The number of benzene rings is 6. The molecule has 0 N–H and O–H groups in total. The van der Waals surface area contributed by atoms with Crippen molar-refractivity contribution in [2.45, 2.75) is 0 Å². The smallest absolute Gasteiger partial charge is 0.164 e. The van der Waals surface area contributed by atoms with Crippen LogP contribution in [0.2, 0.25) is 0 Å². The molecule has 0 saturated heterocycles. The van der Waals surface area contributed by atoms with Gasteiger partial charge >= 0.3 is 0 Å². The van der Waals surface area contributed by atoms with E-state index in [1.165, 1.54) is 0 Å². The monoisotopic (exact) mass is 705 g/mol. The van der Waals surface area contributed by atoms with Gasteiger partial charge in [0.05, 0.1) is 11.2 Å². The molecule has 0 fully saturated rings. The zero-order chi connectivity index (χ0) is 36.6. The van der Waals surface area contributed by atoms with Crippen LogP contribution in [0.1, 0.15) is 0 Å². The first kappa shape index (κ1) is 32.0. The van der Waals surface area contributed by atoms with Crippen LogP contribution in [0.25, 0.3) is 95.7 Å². The molecule has 7 nitrogen and oxygen atoms in total. The molecule has 0 atom stereocenters. The van der Waals surface area contributed by atoms with E-state index in [1.54, 1.807) is 6.20 Å². The summed E-state index contributed by atoms with van der Waals surface area (Å²) in [6.45, 7) is 0. The standard InChI is InChI=1S/C48H31N7/c1-5-14-34(15-6-1)41-44-43(42-40(50-41)22-13-31-49-42)51-48(55(44)39-20-11-4-12-21-39)38-29-25-33(26-30-38)32-23-27-37(28-24-32)47-53-45(35-16-7-2-8-17-35)52-46(54-47)36-18-9-3-10-19-36/h1-31H. The Balaban J connectivity index is 1.05. The van der Waals surface area contributed by atoms with Gasteiger partial charge in [-0.05, 0) is 35.4 Å². The third-order valence-corrected chi connectivity index (χ3v) is 9.73. The number of imidazole rings is 1. The zero-order valence-electron chi connectivity index (χ0n) is 29.5. The lowest BCUT2D eigenvalue weighted by atomic mass is 10.0. The third-order valence-electron chi connectivity index (χ3n) is 9.73. The van der Waals surface area contributed by atoms with Crippen molar-refractivity contribution in [3.63, 3.8) is 0 Å². The maximum absolute atomic E-state index is 5.32. The molecular formula is C48H31N7. The van der Waals surface area contributed by atoms with E-state index in [1.807, 2.05) is 97.1 Å². The molecule has 4 aromatic heterocycles. The van der Waals surface area contributed by atoms with Crippen LogP contribution in [0, 0.1) is 0 Å². The van der Waals surface area contributed by atoms with Crippen LogP contribution in [0.3, 0.4) is 0 Å². The lowest BCUT2D eigenvalue weighted by Gasteiger charge is -2.13. The number of pyridine rings is 2. The second-order valence-corrected chi connectivity index (χ2v) is 13.2. The van der Waals surface area contributed by atoms with Gasteiger partial charge in [-0.3, -0.25) is 9.55 Å². The fourth-order valence-corrected chi connectivity index (χ4v) is 7.03. The van der Waals surface area contributed by atoms with Crippen molar-refractivity contribution in [3.05, 3.63) is 188 Å². The molecule has 10 rings (SSSR count). The summed E-state index contributed by atoms with van der Waals surface area (Å²) in [4.78, 5) is 29.9. The molecule has 0 spiro atoms. The van der Waals surface area contributed by atoms with Gasteiger partial charge in [-0.1, -0.05) is 158 Å². The molecule has 258 valence electrons.